The molecule has 0 aromatic heterocycles. The standard InChI is InChI=1S/C31H44O3Se/c1-2-3-4-5-6-7-8-9-10-11-12-17-24-30(35-29-22-18-14-19-23-29)25-26-31(32)34-33-27-28-20-15-13-16-21-28/h13-16,18-23,25-26,30H,2-12,17,24,27H2,1H3/b26-25+/t30-/m0/s1. The molecule has 2 aromatic rings. The second-order valence-electron chi connectivity index (χ2n) is 9.16. The first-order valence-corrected chi connectivity index (χ1v) is 15.4. The van der Waals surface area contributed by atoms with Crippen molar-refractivity contribution in [3.05, 3.63) is 78.4 Å². The molecule has 0 saturated heterocycles. The van der Waals surface area contributed by atoms with E-state index in [1.165, 1.54) is 81.5 Å². The van der Waals surface area contributed by atoms with Crippen LogP contribution in [0.2, 0.25) is 4.82 Å². The summed E-state index contributed by atoms with van der Waals surface area (Å²) in [6.45, 7) is 2.54. The number of unbranched alkanes of at least 4 members (excludes halogenated alkanes) is 11. The minimum absolute atomic E-state index is 0.261. The van der Waals surface area contributed by atoms with E-state index >= 15 is 0 Å². The average Bonchev–Trinajstić information content (AvgIpc) is 2.89. The zero-order chi connectivity index (χ0) is 24.8. The quantitative estimate of drug-likeness (QED) is 0.0556. The van der Waals surface area contributed by atoms with Crippen molar-refractivity contribution in [1.29, 1.82) is 0 Å². The molecule has 0 amide bonds. The van der Waals surface area contributed by atoms with E-state index in [2.05, 4.69) is 37.3 Å². The minimum atomic E-state index is -0.440. The van der Waals surface area contributed by atoms with Gasteiger partial charge in [-0.2, -0.15) is 0 Å². The molecular formula is C31H44O3Se. The summed E-state index contributed by atoms with van der Waals surface area (Å²) in [6.07, 6.45) is 21.0. The maximum absolute atomic E-state index is 12.1. The Morgan fingerprint density at radius 2 is 1.31 bits per heavy atom. The summed E-state index contributed by atoms with van der Waals surface area (Å²) in [4.78, 5) is 22.6. The molecule has 1 atom stereocenters. The molecule has 0 aliphatic rings. The molecule has 2 rings (SSSR count). The number of allylic oxidation sites excluding steroid dienone is 1. The van der Waals surface area contributed by atoms with E-state index < -0.39 is 5.97 Å². The molecular weight excluding hydrogens is 499 g/mol. The van der Waals surface area contributed by atoms with E-state index in [0.717, 1.165) is 12.0 Å². The van der Waals surface area contributed by atoms with Crippen molar-refractivity contribution in [2.75, 3.05) is 0 Å². The molecule has 0 fully saturated rings. The number of carbonyl (C=O) groups is 1. The fourth-order valence-electron chi connectivity index (χ4n) is 4.00. The molecule has 0 N–H and O–H groups in total. The zero-order valence-corrected chi connectivity index (χ0v) is 23.3. The summed E-state index contributed by atoms with van der Waals surface area (Å²) in [6, 6.07) is 20.3. The number of hydrogen-bond donors (Lipinski definition) is 0. The molecule has 0 spiro atoms. The molecule has 3 nitrogen and oxygen atoms in total. The molecule has 0 aliphatic heterocycles. The Morgan fingerprint density at radius 3 is 1.91 bits per heavy atom. The monoisotopic (exact) mass is 544 g/mol. The second kappa shape index (κ2) is 20.3. The number of rotatable bonds is 20. The number of hydrogen-bond acceptors (Lipinski definition) is 3. The normalized spacial score (nSPS) is 12.1. The van der Waals surface area contributed by atoms with Gasteiger partial charge in [0.05, 0.1) is 0 Å². The molecule has 4 heteroatoms. The first-order chi connectivity index (χ1) is 17.3. The van der Waals surface area contributed by atoms with Gasteiger partial charge in [-0.1, -0.05) is 19.8 Å². The van der Waals surface area contributed by atoms with E-state index in [-0.39, 0.29) is 6.61 Å². The van der Waals surface area contributed by atoms with Crippen LogP contribution in [0.1, 0.15) is 96.0 Å². The van der Waals surface area contributed by atoms with Crippen LogP contribution in [0.15, 0.2) is 72.8 Å². The summed E-state index contributed by atoms with van der Waals surface area (Å²) in [5, 5.41) is 0. The van der Waals surface area contributed by atoms with Crippen molar-refractivity contribution in [3.8, 4) is 0 Å². The van der Waals surface area contributed by atoms with E-state index in [4.69, 9.17) is 9.78 Å². The van der Waals surface area contributed by atoms with E-state index in [0.29, 0.717) is 19.8 Å². The molecule has 0 aliphatic carbocycles. The summed E-state index contributed by atoms with van der Waals surface area (Å²) >= 11 is 0.292. The van der Waals surface area contributed by atoms with Gasteiger partial charge in [-0.15, -0.1) is 0 Å². The van der Waals surface area contributed by atoms with Crippen molar-refractivity contribution in [3.63, 3.8) is 0 Å². The fraction of sp³-hybridized carbons (Fsp3) is 0.516. The second-order valence-corrected chi connectivity index (χ2v) is 11.9. The van der Waals surface area contributed by atoms with Crippen LogP contribution in [-0.4, -0.2) is 20.9 Å². The van der Waals surface area contributed by atoms with Crippen molar-refractivity contribution in [1.82, 2.24) is 0 Å². The van der Waals surface area contributed by atoms with Crippen molar-refractivity contribution in [2.24, 2.45) is 0 Å². The molecule has 0 bridgehead atoms. The third-order valence-electron chi connectivity index (χ3n) is 6.03. The van der Waals surface area contributed by atoms with Crippen LogP contribution in [-0.2, 0) is 21.2 Å². The first kappa shape index (κ1) is 29.4. The third-order valence-corrected chi connectivity index (χ3v) is 8.63. The topological polar surface area (TPSA) is 35.5 Å². The van der Waals surface area contributed by atoms with E-state index in [1.807, 2.05) is 36.4 Å². The van der Waals surface area contributed by atoms with Crippen LogP contribution in [0.25, 0.3) is 0 Å². The van der Waals surface area contributed by atoms with Crippen LogP contribution in [0.5, 0.6) is 0 Å². The van der Waals surface area contributed by atoms with Crippen LogP contribution in [0.3, 0.4) is 0 Å². The van der Waals surface area contributed by atoms with Gasteiger partial charge in [-0.25, -0.2) is 0 Å². The van der Waals surface area contributed by atoms with Gasteiger partial charge < -0.3 is 0 Å². The van der Waals surface area contributed by atoms with E-state index in [9.17, 15) is 4.79 Å². The average molecular weight is 544 g/mol. The van der Waals surface area contributed by atoms with Crippen LogP contribution < -0.4 is 4.46 Å². The Balaban J connectivity index is 1.64. The van der Waals surface area contributed by atoms with Crippen LogP contribution >= 0.6 is 0 Å². The van der Waals surface area contributed by atoms with Gasteiger partial charge >= 0.3 is 200 Å². The van der Waals surface area contributed by atoms with Gasteiger partial charge in [0.2, 0.25) is 0 Å². The molecule has 0 heterocycles. The van der Waals surface area contributed by atoms with Gasteiger partial charge in [0.15, 0.2) is 0 Å². The molecule has 0 radical (unpaired) electrons. The van der Waals surface area contributed by atoms with Gasteiger partial charge in [-0.05, 0) is 0 Å². The Kier molecular flexibility index (Phi) is 17.1. The number of carbonyl (C=O) groups excluding carboxylic acids is 1. The Bertz CT molecular complexity index is 791. The third kappa shape index (κ3) is 15.7. The fourth-order valence-corrected chi connectivity index (χ4v) is 6.32. The van der Waals surface area contributed by atoms with Crippen molar-refractivity contribution >= 4 is 25.4 Å². The summed E-state index contributed by atoms with van der Waals surface area (Å²) in [7, 11) is 0. The molecule has 35 heavy (non-hydrogen) atoms. The number of benzene rings is 2. The van der Waals surface area contributed by atoms with Crippen LogP contribution in [0, 0.1) is 0 Å². The maximum atomic E-state index is 12.1. The van der Waals surface area contributed by atoms with Gasteiger partial charge in [-0.3, -0.25) is 0 Å². The van der Waals surface area contributed by atoms with Crippen molar-refractivity contribution < 1.29 is 14.6 Å². The van der Waals surface area contributed by atoms with Gasteiger partial charge in [0.1, 0.15) is 0 Å². The molecule has 0 unspecified atom stereocenters. The summed E-state index contributed by atoms with van der Waals surface area (Å²) in [5.41, 5.74) is 0.974. The van der Waals surface area contributed by atoms with E-state index in [1.54, 1.807) is 6.08 Å². The predicted octanol–water partition coefficient (Wildman–Crippen LogP) is 8.13. The molecule has 2 aromatic carbocycles. The van der Waals surface area contributed by atoms with Crippen molar-refractivity contribution in [2.45, 2.75) is 102 Å². The van der Waals surface area contributed by atoms with Gasteiger partial charge in [0, 0.05) is 0 Å². The molecule has 0 saturated carbocycles. The first-order valence-electron chi connectivity index (χ1n) is 13.5. The molecule has 192 valence electrons. The van der Waals surface area contributed by atoms with Gasteiger partial charge in [0.25, 0.3) is 0 Å². The summed E-state index contributed by atoms with van der Waals surface area (Å²) < 4.78 is 1.36. The zero-order valence-electron chi connectivity index (χ0n) is 21.5. The Morgan fingerprint density at radius 1 is 0.771 bits per heavy atom. The SMILES string of the molecule is CCCCCCCCCCCCCC[C@@H](/C=C/C(=O)OOCc1ccccc1)[Se]c1ccccc1. The summed E-state index contributed by atoms with van der Waals surface area (Å²) in [5.74, 6) is -0.440. The van der Waals surface area contributed by atoms with Crippen LogP contribution in [0.4, 0.5) is 0 Å². The Hall–Kier alpha value is -1.87. The Labute approximate surface area is 219 Å². The predicted molar refractivity (Wildman–Crippen MR) is 148 cm³/mol.